The normalized spacial score (nSPS) is 14.8. The second-order valence-corrected chi connectivity index (χ2v) is 8.07. The van der Waals surface area contributed by atoms with Crippen molar-refractivity contribution in [2.24, 2.45) is 0 Å². The first-order valence-corrected chi connectivity index (χ1v) is 10.7. The van der Waals surface area contributed by atoms with E-state index in [1.54, 1.807) is 18.3 Å². The van der Waals surface area contributed by atoms with Crippen LogP contribution in [0.1, 0.15) is 5.76 Å². The number of nitrogens with one attached hydrogen (secondary N) is 2. The number of halogens is 2. The fraction of sp³-hybridized carbons (Fsp3) is 0.208. The summed E-state index contributed by atoms with van der Waals surface area (Å²) >= 11 is 5.85. The molecule has 2 aromatic carbocycles. The first-order chi connectivity index (χ1) is 15.2. The highest BCUT2D eigenvalue weighted by Crippen LogP contribution is 2.31. The number of nitrogens with zero attached hydrogens (tertiary/aromatic N) is 2. The number of anilines is 2. The predicted octanol–water partition coefficient (Wildman–Crippen LogP) is 5.44. The van der Waals surface area contributed by atoms with Crippen molar-refractivity contribution in [1.29, 1.82) is 0 Å². The number of benzene rings is 2. The number of rotatable bonds is 5. The third-order valence-corrected chi connectivity index (χ3v) is 5.71. The maximum Gasteiger partial charge on any atom is 0.148 e. The number of fused-ring (bicyclic) bond motifs is 1. The van der Waals surface area contributed by atoms with Crippen LogP contribution in [0.25, 0.3) is 22.2 Å². The van der Waals surface area contributed by atoms with E-state index in [0.717, 1.165) is 66.4 Å². The first-order valence-electron chi connectivity index (χ1n) is 10.3. The van der Waals surface area contributed by atoms with Crippen LogP contribution in [-0.2, 0) is 6.54 Å². The highest BCUT2D eigenvalue weighted by Gasteiger charge is 2.14. The van der Waals surface area contributed by atoms with Gasteiger partial charge in [0.2, 0.25) is 0 Å². The van der Waals surface area contributed by atoms with E-state index >= 15 is 0 Å². The maximum absolute atomic E-state index is 14.2. The molecule has 5 rings (SSSR count). The highest BCUT2D eigenvalue weighted by atomic mass is 35.5. The Morgan fingerprint density at radius 2 is 1.90 bits per heavy atom. The van der Waals surface area contributed by atoms with E-state index in [0.29, 0.717) is 10.7 Å². The summed E-state index contributed by atoms with van der Waals surface area (Å²) < 4.78 is 20.3. The zero-order chi connectivity index (χ0) is 21.2. The third-order valence-electron chi connectivity index (χ3n) is 5.48. The Hall–Kier alpha value is -2.93. The predicted molar refractivity (Wildman–Crippen MR) is 122 cm³/mol. The molecule has 0 radical (unpaired) electrons. The van der Waals surface area contributed by atoms with Gasteiger partial charge in [-0.05, 0) is 48.5 Å². The fourth-order valence-electron chi connectivity index (χ4n) is 3.85. The monoisotopic (exact) mass is 436 g/mol. The van der Waals surface area contributed by atoms with Crippen molar-refractivity contribution in [1.82, 2.24) is 15.2 Å². The van der Waals surface area contributed by atoms with Crippen LogP contribution in [0.3, 0.4) is 0 Å². The van der Waals surface area contributed by atoms with Crippen molar-refractivity contribution >= 4 is 33.9 Å². The summed E-state index contributed by atoms with van der Waals surface area (Å²) in [4.78, 5) is 6.88. The largest absolute Gasteiger partial charge is 0.460 e. The van der Waals surface area contributed by atoms with Crippen LogP contribution < -0.4 is 10.6 Å². The number of aromatic nitrogens is 1. The topological polar surface area (TPSA) is 53.3 Å². The van der Waals surface area contributed by atoms with E-state index in [9.17, 15) is 4.39 Å². The number of hydrogen-bond acceptors (Lipinski definition) is 5. The molecule has 0 bridgehead atoms. The van der Waals surface area contributed by atoms with Crippen molar-refractivity contribution in [2.75, 3.05) is 31.5 Å². The molecular formula is C24H22ClFN4O. The Morgan fingerprint density at radius 3 is 2.74 bits per heavy atom. The molecule has 1 fully saturated rings. The molecule has 0 saturated carbocycles. The van der Waals surface area contributed by atoms with Crippen LogP contribution in [0, 0.1) is 5.82 Å². The van der Waals surface area contributed by atoms with Crippen LogP contribution in [0.5, 0.6) is 0 Å². The molecule has 31 heavy (non-hydrogen) atoms. The summed E-state index contributed by atoms with van der Waals surface area (Å²) in [5.74, 6) is 1.37. The Morgan fingerprint density at radius 1 is 1.03 bits per heavy atom. The fourth-order valence-corrected chi connectivity index (χ4v) is 4.01. The summed E-state index contributed by atoms with van der Waals surface area (Å²) in [6.45, 7) is 4.90. The second-order valence-electron chi connectivity index (χ2n) is 7.63. The summed E-state index contributed by atoms with van der Waals surface area (Å²) in [7, 11) is 0. The van der Waals surface area contributed by atoms with Gasteiger partial charge in [0, 0.05) is 54.0 Å². The van der Waals surface area contributed by atoms with Gasteiger partial charge in [0.05, 0.1) is 17.7 Å². The maximum atomic E-state index is 14.2. The van der Waals surface area contributed by atoms with E-state index in [1.807, 2.05) is 36.4 Å². The lowest BCUT2D eigenvalue weighted by Gasteiger charge is -2.26. The standard InChI is InChI=1S/C24H22ClFN4O/c25-17-2-5-22(20(26)14-17)29-21-7-8-28-23-13-16(1-4-19(21)23)24-6-3-18(31-24)15-30-11-9-27-10-12-30/h1-8,13-14,27H,9-12,15H2,(H,28,29). The van der Waals surface area contributed by atoms with E-state index in [2.05, 4.69) is 20.5 Å². The summed E-state index contributed by atoms with van der Waals surface area (Å²) in [6, 6.07) is 16.4. The summed E-state index contributed by atoms with van der Waals surface area (Å²) in [5.41, 5.74) is 2.90. The van der Waals surface area contributed by atoms with Crippen molar-refractivity contribution in [3.05, 3.63) is 77.4 Å². The molecule has 5 nitrogen and oxygen atoms in total. The van der Waals surface area contributed by atoms with Gasteiger partial charge >= 0.3 is 0 Å². The van der Waals surface area contributed by atoms with Crippen LogP contribution in [0.4, 0.5) is 15.8 Å². The van der Waals surface area contributed by atoms with Crippen molar-refractivity contribution in [3.63, 3.8) is 0 Å². The van der Waals surface area contributed by atoms with Gasteiger partial charge < -0.3 is 15.1 Å². The molecule has 0 atom stereocenters. The lowest BCUT2D eigenvalue weighted by Crippen LogP contribution is -2.42. The Kier molecular flexibility index (Phi) is 5.59. The minimum atomic E-state index is -0.401. The Bertz CT molecular complexity index is 1220. The first kappa shape index (κ1) is 20.0. The molecular weight excluding hydrogens is 415 g/mol. The summed E-state index contributed by atoms with van der Waals surface area (Å²) in [6.07, 6.45) is 1.71. The molecule has 7 heteroatoms. The number of piperazine rings is 1. The van der Waals surface area contributed by atoms with Crippen molar-refractivity contribution in [2.45, 2.75) is 6.54 Å². The minimum absolute atomic E-state index is 0.363. The van der Waals surface area contributed by atoms with E-state index in [-0.39, 0.29) is 0 Å². The lowest BCUT2D eigenvalue weighted by atomic mass is 10.1. The molecule has 1 aliphatic rings. The summed E-state index contributed by atoms with van der Waals surface area (Å²) in [5, 5.41) is 7.77. The number of pyridine rings is 1. The molecule has 0 aliphatic carbocycles. The number of hydrogen-bond donors (Lipinski definition) is 2. The van der Waals surface area contributed by atoms with Crippen LogP contribution in [0.15, 0.2) is 65.2 Å². The smallest absolute Gasteiger partial charge is 0.148 e. The molecule has 0 amide bonds. The second kappa shape index (κ2) is 8.67. The van der Waals surface area contributed by atoms with Crippen LogP contribution >= 0.6 is 11.6 Å². The molecule has 2 aromatic heterocycles. The van der Waals surface area contributed by atoms with Gasteiger partial charge in [0.25, 0.3) is 0 Å². The molecule has 1 aliphatic heterocycles. The van der Waals surface area contributed by atoms with Gasteiger partial charge in [-0.3, -0.25) is 9.88 Å². The Labute approximate surface area is 184 Å². The molecule has 0 unspecified atom stereocenters. The SMILES string of the molecule is Fc1cc(Cl)ccc1Nc1ccnc2cc(-c3ccc(CN4CCNCC4)o3)ccc12. The van der Waals surface area contributed by atoms with Gasteiger partial charge in [-0.2, -0.15) is 0 Å². The third kappa shape index (κ3) is 4.42. The van der Waals surface area contributed by atoms with Gasteiger partial charge in [0.15, 0.2) is 0 Å². The van der Waals surface area contributed by atoms with Gasteiger partial charge in [0.1, 0.15) is 17.3 Å². The molecule has 3 heterocycles. The van der Waals surface area contributed by atoms with Crippen molar-refractivity contribution < 1.29 is 8.81 Å². The van der Waals surface area contributed by atoms with Crippen LogP contribution in [0.2, 0.25) is 5.02 Å². The molecule has 4 aromatic rings. The quantitative estimate of drug-likeness (QED) is 0.436. The average molecular weight is 437 g/mol. The molecule has 1 saturated heterocycles. The van der Waals surface area contributed by atoms with Gasteiger partial charge in [-0.25, -0.2) is 4.39 Å². The molecule has 2 N–H and O–H groups in total. The average Bonchev–Trinajstić information content (AvgIpc) is 3.25. The zero-order valence-electron chi connectivity index (χ0n) is 16.9. The molecule has 0 spiro atoms. The lowest BCUT2D eigenvalue weighted by molar-refractivity contribution is 0.217. The van der Waals surface area contributed by atoms with Gasteiger partial charge in [-0.1, -0.05) is 17.7 Å². The minimum Gasteiger partial charge on any atom is -0.460 e. The Balaban J connectivity index is 1.39. The van der Waals surface area contributed by atoms with Crippen molar-refractivity contribution in [3.8, 4) is 11.3 Å². The molecule has 158 valence electrons. The van der Waals surface area contributed by atoms with E-state index in [4.69, 9.17) is 16.0 Å². The zero-order valence-corrected chi connectivity index (χ0v) is 17.6. The van der Waals surface area contributed by atoms with E-state index in [1.165, 1.54) is 6.07 Å². The van der Waals surface area contributed by atoms with Gasteiger partial charge in [-0.15, -0.1) is 0 Å². The number of furan rings is 1. The highest BCUT2D eigenvalue weighted by molar-refractivity contribution is 6.30. The van der Waals surface area contributed by atoms with Crippen LogP contribution in [-0.4, -0.2) is 36.1 Å². The van der Waals surface area contributed by atoms with E-state index < -0.39 is 5.82 Å².